The van der Waals surface area contributed by atoms with E-state index in [2.05, 4.69) is 36.5 Å². The lowest BCUT2D eigenvalue weighted by Gasteiger charge is -2.20. The van der Waals surface area contributed by atoms with Gasteiger partial charge < -0.3 is 10.1 Å². The largest absolute Gasteiger partial charge is 0.497 e. The molecular weight excluding hydrogens is 310 g/mol. The van der Waals surface area contributed by atoms with Crippen LogP contribution in [0.2, 0.25) is 0 Å². The molecular formula is C22H21NO2. The van der Waals surface area contributed by atoms with E-state index in [0.717, 1.165) is 16.9 Å². The Bertz CT molecular complexity index is 824. The number of carbonyl (C=O) groups is 1. The Kier molecular flexibility index (Phi) is 5.14. The van der Waals surface area contributed by atoms with Crippen LogP contribution in [0.1, 0.15) is 33.1 Å². The summed E-state index contributed by atoms with van der Waals surface area (Å²) in [5.74, 6) is 0.617. The summed E-state index contributed by atoms with van der Waals surface area (Å²) in [7, 11) is 1.61. The quantitative estimate of drug-likeness (QED) is 0.746. The predicted molar refractivity (Wildman–Crippen MR) is 99.9 cm³/mol. The summed E-state index contributed by atoms with van der Waals surface area (Å²) in [6.07, 6.45) is 0. The van der Waals surface area contributed by atoms with Crippen LogP contribution in [-0.4, -0.2) is 13.0 Å². The van der Waals surface area contributed by atoms with Gasteiger partial charge in [-0.1, -0.05) is 60.2 Å². The van der Waals surface area contributed by atoms with Crippen LogP contribution in [0.5, 0.6) is 5.75 Å². The third-order valence-electron chi connectivity index (χ3n) is 4.17. The zero-order valence-corrected chi connectivity index (χ0v) is 14.4. The van der Waals surface area contributed by atoms with E-state index in [1.807, 2.05) is 30.3 Å². The summed E-state index contributed by atoms with van der Waals surface area (Å²) >= 11 is 0. The van der Waals surface area contributed by atoms with Gasteiger partial charge in [0.25, 0.3) is 5.91 Å². The fraction of sp³-hybridized carbons (Fsp3) is 0.136. The van der Waals surface area contributed by atoms with Crippen LogP contribution in [0.25, 0.3) is 0 Å². The second kappa shape index (κ2) is 7.67. The van der Waals surface area contributed by atoms with E-state index >= 15 is 0 Å². The van der Waals surface area contributed by atoms with E-state index in [1.165, 1.54) is 5.56 Å². The van der Waals surface area contributed by atoms with Gasteiger partial charge in [0.1, 0.15) is 5.75 Å². The number of nitrogens with one attached hydrogen (secondary N) is 1. The van der Waals surface area contributed by atoms with Gasteiger partial charge in [-0.25, -0.2) is 0 Å². The first-order chi connectivity index (χ1) is 12.2. The molecule has 3 aromatic rings. The molecule has 3 aromatic carbocycles. The van der Waals surface area contributed by atoms with Crippen LogP contribution in [0.4, 0.5) is 0 Å². The molecule has 0 saturated carbocycles. The zero-order chi connectivity index (χ0) is 17.6. The van der Waals surface area contributed by atoms with Gasteiger partial charge in [-0.3, -0.25) is 4.79 Å². The molecule has 0 aliphatic carbocycles. The molecule has 0 heterocycles. The van der Waals surface area contributed by atoms with Crippen LogP contribution in [0, 0.1) is 6.92 Å². The number of hydrogen-bond donors (Lipinski definition) is 1. The Hall–Kier alpha value is -3.07. The van der Waals surface area contributed by atoms with Gasteiger partial charge in [0, 0.05) is 5.56 Å². The number of methoxy groups -OCH3 is 1. The van der Waals surface area contributed by atoms with E-state index < -0.39 is 0 Å². The Morgan fingerprint density at radius 1 is 0.840 bits per heavy atom. The summed E-state index contributed by atoms with van der Waals surface area (Å²) in [5.41, 5.74) is 3.90. The van der Waals surface area contributed by atoms with Crippen LogP contribution in [0.3, 0.4) is 0 Å². The van der Waals surface area contributed by atoms with Gasteiger partial charge in [0.05, 0.1) is 13.2 Å². The lowest BCUT2D eigenvalue weighted by molar-refractivity contribution is 0.0943. The monoisotopic (exact) mass is 331 g/mol. The molecule has 25 heavy (non-hydrogen) atoms. The lowest BCUT2D eigenvalue weighted by atomic mass is 9.97. The lowest BCUT2D eigenvalue weighted by Crippen LogP contribution is -2.29. The van der Waals surface area contributed by atoms with Crippen molar-refractivity contribution in [3.63, 3.8) is 0 Å². The van der Waals surface area contributed by atoms with E-state index in [-0.39, 0.29) is 11.9 Å². The topological polar surface area (TPSA) is 38.3 Å². The highest BCUT2D eigenvalue weighted by atomic mass is 16.5. The second-order valence-corrected chi connectivity index (χ2v) is 5.96. The van der Waals surface area contributed by atoms with Crippen LogP contribution in [0.15, 0.2) is 78.9 Å². The number of carbonyl (C=O) groups excluding carboxylic acids is 1. The molecule has 0 radical (unpaired) electrons. The molecule has 1 N–H and O–H groups in total. The molecule has 3 heteroatoms. The molecule has 0 aliphatic heterocycles. The predicted octanol–water partition coefficient (Wildman–Crippen LogP) is 4.52. The van der Waals surface area contributed by atoms with Crippen LogP contribution in [-0.2, 0) is 0 Å². The first-order valence-corrected chi connectivity index (χ1v) is 8.24. The number of aryl methyl sites for hydroxylation is 1. The third-order valence-corrected chi connectivity index (χ3v) is 4.17. The standard InChI is InChI=1S/C22H21NO2/c1-16-8-10-18(11-9-16)21(17-6-4-3-5-7-17)23-22(24)19-12-14-20(25-2)15-13-19/h3-15,21H,1-2H3,(H,23,24). The van der Waals surface area contributed by atoms with Gasteiger partial charge in [-0.2, -0.15) is 0 Å². The summed E-state index contributed by atoms with van der Waals surface area (Å²) in [6, 6.07) is 25.1. The minimum Gasteiger partial charge on any atom is -0.497 e. The normalized spacial score (nSPS) is 11.6. The Labute approximate surface area is 148 Å². The Balaban J connectivity index is 1.89. The number of amides is 1. The molecule has 0 bridgehead atoms. The number of ether oxygens (including phenoxy) is 1. The number of hydrogen-bond acceptors (Lipinski definition) is 2. The van der Waals surface area contributed by atoms with Crippen molar-refractivity contribution < 1.29 is 9.53 Å². The highest BCUT2D eigenvalue weighted by Crippen LogP contribution is 2.23. The highest BCUT2D eigenvalue weighted by molar-refractivity contribution is 5.94. The highest BCUT2D eigenvalue weighted by Gasteiger charge is 2.17. The van der Waals surface area contributed by atoms with Gasteiger partial charge in [0.2, 0.25) is 0 Å². The first-order valence-electron chi connectivity index (χ1n) is 8.24. The van der Waals surface area contributed by atoms with Crippen molar-refractivity contribution in [3.05, 3.63) is 101 Å². The average molecular weight is 331 g/mol. The number of benzene rings is 3. The van der Waals surface area contributed by atoms with Crippen molar-refractivity contribution in [2.75, 3.05) is 7.11 Å². The number of rotatable bonds is 5. The minimum atomic E-state index is -0.198. The van der Waals surface area contributed by atoms with Gasteiger partial charge in [-0.15, -0.1) is 0 Å². The second-order valence-electron chi connectivity index (χ2n) is 5.96. The van der Waals surface area contributed by atoms with E-state index in [0.29, 0.717) is 5.56 Å². The van der Waals surface area contributed by atoms with Gasteiger partial charge in [0.15, 0.2) is 0 Å². The Morgan fingerprint density at radius 3 is 2.04 bits per heavy atom. The third kappa shape index (κ3) is 4.07. The fourth-order valence-corrected chi connectivity index (χ4v) is 2.72. The van der Waals surface area contributed by atoms with Gasteiger partial charge >= 0.3 is 0 Å². The summed E-state index contributed by atoms with van der Waals surface area (Å²) in [6.45, 7) is 2.05. The summed E-state index contributed by atoms with van der Waals surface area (Å²) in [5, 5.41) is 3.14. The maximum Gasteiger partial charge on any atom is 0.252 e. The van der Waals surface area contributed by atoms with Crippen LogP contribution < -0.4 is 10.1 Å². The van der Waals surface area contributed by atoms with Crippen molar-refractivity contribution in [2.24, 2.45) is 0 Å². The molecule has 0 aromatic heterocycles. The molecule has 3 nitrogen and oxygen atoms in total. The molecule has 1 amide bonds. The van der Waals surface area contributed by atoms with E-state index in [9.17, 15) is 4.79 Å². The Morgan fingerprint density at radius 2 is 1.44 bits per heavy atom. The van der Waals surface area contributed by atoms with Crippen LogP contribution >= 0.6 is 0 Å². The fourth-order valence-electron chi connectivity index (χ4n) is 2.72. The first kappa shape index (κ1) is 16.8. The minimum absolute atomic E-state index is 0.114. The van der Waals surface area contributed by atoms with E-state index in [1.54, 1.807) is 31.4 Å². The van der Waals surface area contributed by atoms with Crippen molar-refractivity contribution in [1.29, 1.82) is 0 Å². The molecule has 126 valence electrons. The van der Waals surface area contributed by atoms with E-state index in [4.69, 9.17) is 4.74 Å². The SMILES string of the molecule is COc1ccc(C(=O)NC(c2ccccc2)c2ccc(C)cc2)cc1. The zero-order valence-electron chi connectivity index (χ0n) is 14.4. The van der Waals surface area contributed by atoms with Crippen molar-refractivity contribution in [1.82, 2.24) is 5.32 Å². The smallest absolute Gasteiger partial charge is 0.252 e. The van der Waals surface area contributed by atoms with Crippen molar-refractivity contribution in [2.45, 2.75) is 13.0 Å². The van der Waals surface area contributed by atoms with Gasteiger partial charge in [-0.05, 0) is 42.3 Å². The molecule has 0 spiro atoms. The molecule has 1 unspecified atom stereocenters. The molecule has 0 fully saturated rings. The summed E-state index contributed by atoms with van der Waals surface area (Å²) < 4.78 is 5.15. The molecule has 0 saturated heterocycles. The maximum absolute atomic E-state index is 12.7. The van der Waals surface area contributed by atoms with Crippen molar-refractivity contribution in [3.8, 4) is 5.75 Å². The molecule has 3 rings (SSSR count). The summed E-state index contributed by atoms with van der Waals surface area (Å²) in [4.78, 5) is 12.7. The molecule has 1 atom stereocenters. The molecule has 0 aliphatic rings. The van der Waals surface area contributed by atoms with Crippen molar-refractivity contribution >= 4 is 5.91 Å². The maximum atomic E-state index is 12.7. The average Bonchev–Trinajstić information content (AvgIpc) is 2.67.